The Morgan fingerprint density at radius 3 is 0.949 bits per heavy atom. The number of benzene rings is 6. The van der Waals surface area contributed by atoms with Crippen molar-refractivity contribution in [3.8, 4) is 91.3 Å². The van der Waals surface area contributed by atoms with Gasteiger partial charge in [-0.25, -0.2) is 29.9 Å². The lowest BCUT2D eigenvalue weighted by molar-refractivity contribution is 0.302. The van der Waals surface area contributed by atoms with E-state index in [9.17, 15) is 10.2 Å². The maximum absolute atomic E-state index is 11.0. The van der Waals surface area contributed by atoms with Crippen molar-refractivity contribution in [1.29, 1.82) is 0 Å². The van der Waals surface area contributed by atoms with Crippen LogP contribution in [0.4, 0.5) is 0 Å². The van der Waals surface area contributed by atoms with Crippen LogP contribution in [0.15, 0.2) is 121 Å². The number of phenols is 2. The van der Waals surface area contributed by atoms with Crippen LogP contribution >= 0.6 is 0 Å². The van der Waals surface area contributed by atoms with Crippen molar-refractivity contribution in [3.05, 3.63) is 155 Å². The van der Waals surface area contributed by atoms with E-state index in [0.29, 0.717) is 70.8 Å². The maximum Gasteiger partial charge on any atom is 0.167 e. The number of ether oxygens (including phenoxy) is 2. The molecule has 6 aromatic carbocycles. The molecule has 2 aromatic heterocycles. The summed E-state index contributed by atoms with van der Waals surface area (Å²) in [5, 5.41) is 21.9. The van der Waals surface area contributed by atoms with Crippen molar-refractivity contribution < 1.29 is 19.7 Å². The normalized spacial score (nSPS) is 11.1. The summed E-state index contributed by atoms with van der Waals surface area (Å²) in [6, 6.07) is 39.4. The van der Waals surface area contributed by atoms with Crippen molar-refractivity contribution in [2.24, 2.45) is 0 Å². The van der Waals surface area contributed by atoms with Gasteiger partial charge in [-0.05, 0) is 89.8 Å². The number of aromatic nitrogens is 6. The molecule has 0 saturated heterocycles. The zero-order chi connectivity index (χ0) is 55.2. The van der Waals surface area contributed by atoms with E-state index in [-0.39, 0.29) is 11.5 Å². The van der Waals surface area contributed by atoms with Crippen LogP contribution in [0.5, 0.6) is 23.0 Å². The zero-order valence-corrected chi connectivity index (χ0v) is 47.7. The molecular weight excluding hydrogens is 965 g/mol. The summed E-state index contributed by atoms with van der Waals surface area (Å²) in [7, 11) is 0. The molecule has 0 aliphatic heterocycles. The van der Waals surface area contributed by atoms with Crippen LogP contribution in [0.3, 0.4) is 0 Å². The van der Waals surface area contributed by atoms with Crippen LogP contribution in [-0.2, 0) is 0 Å². The van der Waals surface area contributed by atoms with Crippen LogP contribution in [0.2, 0.25) is 0 Å². The van der Waals surface area contributed by atoms with Crippen molar-refractivity contribution in [3.63, 3.8) is 0 Å². The second kappa shape index (κ2) is 29.9. The maximum atomic E-state index is 11.0. The highest BCUT2D eigenvalue weighted by molar-refractivity contribution is 5.73. The molecule has 0 saturated carbocycles. The lowest BCUT2D eigenvalue weighted by atomic mass is 10.0. The third kappa shape index (κ3) is 17.3. The molecule has 0 spiro atoms. The van der Waals surface area contributed by atoms with Gasteiger partial charge in [0, 0.05) is 34.4 Å². The van der Waals surface area contributed by atoms with Gasteiger partial charge >= 0.3 is 0 Å². The molecule has 0 amide bonds. The molecular formula is C68H82N6O4. The van der Waals surface area contributed by atoms with Gasteiger partial charge in [0.2, 0.25) is 0 Å². The van der Waals surface area contributed by atoms with Crippen LogP contribution in [-0.4, -0.2) is 53.3 Å². The van der Waals surface area contributed by atoms with Crippen molar-refractivity contribution in [2.75, 3.05) is 13.2 Å². The van der Waals surface area contributed by atoms with Crippen LogP contribution in [0.25, 0.3) is 68.3 Å². The average Bonchev–Trinajstić information content (AvgIpc) is 3.42. The van der Waals surface area contributed by atoms with Crippen molar-refractivity contribution in [1.82, 2.24) is 29.9 Å². The molecule has 0 bridgehead atoms. The van der Waals surface area contributed by atoms with Gasteiger partial charge in [0.1, 0.15) is 23.0 Å². The first kappa shape index (κ1) is 58.2. The van der Waals surface area contributed by atoms with Gasteiger partial charge in [0.05, 0.1) is 24.3 Å². The van der Waals surface area contributed by atoms with Crippen molar-refractivity contribution >= 4 is 0 Å². The fourth-order valence-electron chi connectivity index (χ4n) is 9.46. The minimum absolute atomic E-state index is 0.0892. The number of aromatic hydroxyl groups is 2. The molecule has 78 heavy (non-hydrogen) atoms. The number of hydrogen-bond acceptors (Lipinski definition) is 10. The zero-order valence-electron chi connectivity index (χ0n) is 47.7. The highest BCUT2D eigenvalue weighted by Gasteiger charge is 2.19. The van der Waals surface area contributed by atoms with Crippen LogP contribution in [0, 0.1) is 41.5 Å². The van der Waals surface area contributed by atoms with E-state index in [1.54, 1.807) is 12.1 Å². The first-order valence-corrected chi connectivity index (χ1v) is 28.6. The summed E-state index contributed by atoms with van der Waals surface area (Å²) >= 11 is 0. The topological polar surface area (TPSA) is 136 Å². The number of rotatable bonds is 26. The van der Waals surface area contributed by atoms with E-state index in [1.807, 2.05) is 72.8 Å². The van der Waals surface area contributed by atoms with Gasteiger partial charge in [-0.2, -0.15) is 0 Å². The summed E-state index contributed by atoms with van der Waals surface area (Å²) in [6.45, 7) is 18.2. The Balaban J connectivity index is 0.000000229. The molecule has 0 radical (unpaired) electrons. The second-order valence-corrected chi connectivity index (χ2v) is 21.0. The first-order chi connectivity index (χ1) is 37.9. The van der Waals surface area contributed by atoms with Gasteiger partial charge in [-0.1, -0.05) is 211 Å². The third-order valence-electron chi connectivity index (χ3n) is 14.1. The Hall–Kier alpha value is -7.46. The highest BCUT2D eigenvalue weighted by Crippen LogP contribution is 2.36. The molecule has 2 N–H and O–H groups in total. The Labute approximate surface area is 464 Å². The van der Waals surface area contributed by atoms with Gasteiger partial charge in [0.15, 0.2) is 34.9 Å². The number of aryl methyl sites for hydroxylation is 6. The van der Waals surface area contributed by atoms with E-state index in [1.165, 1.54) is 112 Å². The van der Waals surface area contributed by atoms with E-state index in [4.69, 9.17) is 39.4 Å². The summed E-state index contributed by atoms with van der Waals surface area (Å²) in [4.78, 5) is 28.8. The number of nitrogens with zero attached hydrogens (tertiary/aromatic N) is 6. The molecule has 0 unspecified atom stereocenters. The molecule has 8 rings (SSSR count). The van der Waals surface area contributed by atoms with Gasteiger partial charge in [-0.3, -0.25) is 0 Å². The quantitative estimate of drug-likeness (QED) is 0.0505. The van der Waals surface area contributed by atoms with Crippen LogP contribution in [0.1, 0.15) is 150 Å². The standard InChI is InChI=1S/C37H47N3O2.C31H35N3O2/c1-6-7-8-9-10-11-12-13-14-15-22-42-30-18-21-33(34(41)25-30)37-39-35(31-19-16-26(2)23-28(31)4)38-36(40-37)32-20-17-27(3)24-29(32)5;1-4-5-6-7-8-9-20-36-26-18-19-27(28(35)21-26)31-33-29(24-14-10-22(2)11-15-24)32-30(34-31)25-16-12-23(3)13-17-25/h16-21,23-25,41H,6-15,22H2,1-5H3;10-19,21,35H,4-9,20H2,1-3H3. The lowest BCUT2D eigenvalue weighted by Crippen LogP contribution is -2.02. The molecule has 10 heteroatoms. The molecule has 408 valence electrons. The predicted molar refractivity (Wildman–Crippen MR) is 320 cm³/mol. The fourth-order valence-corrected chi connectivity index (χ4v) is 9.46. The molecule has 0 atom stereocenters. The SMILES string of the molecule is CCCCCCCCCCCCOc1ccc(-c2nc(-c3ccc(C)cc3C)nc(-c3ccc(C)cc3C)n2)c(O)c1.CCCCCCCCOc1ccc(-c2nc(-c3ccc(C)cc3)nc(-c3ccc(C)cc3)n2)c(O)c1. The minimum atomic E-state index is 0.0892. The minimum Gasteiger partial charge on any atom is -0.507 e. The number of unbranched alkanes of at least 4 members (excludes halogenated alkanes) is 14. The Bertz CT molecular complexity index is 3020. The summed E-state index contributed by atoms with van der Waals surface area (Å²) < 4.78 is 11.9. The fraction of sp³-hybridized carbons (Fsp3) is 0.382. The highest BCUT2D eigenvalue weighted by atomic mass is 16.5. The van der Waals surface area contributed by atoms with Crippen molar-refractivity contribution in [2.45, 2.75) is 158 Å². The smallest absolute Gasteiger partial charge is 0.167 e. The van der Waals surface area contributed by atoms with E-state index in [0.717, 1.165) is 46.2 Å². The first-order valence-electron chi connectivity index (χ1n) is 28.6. The summed E-state index contributed by atoms with van der Waals surface area (Å²) in [6.07, 6.45) is 20.1. The van der Waals surface area contributed by atoms with E-state index >= 15 is 0 Å². The van der Waals surface area contributed by atoms with E-state index < -0.39 is 0 Å². The molecule has 2 heterocycles. The van der Waals surface area contributed by atoms with E-state index in [2.05, 4.69) is 91.8 Å². The summed E-state index contributed by atoms with van der Waals surface area (Å²) in [5.74, 6) is 4.68. The molecule has 0 fully saturated rings. The monoisotopic (exact) mass is 1050 g/mol. The molecule has 8 aromatic rings. The number of hydrogen-bond donors (Lipinski definition) is 2. The molecule has 0 aliphatic rings. The Morgan fingerprint density at radius 2 is 0.603 bits per heavy atom. The average molecular weight is 1050 g/mol. The molecule has 0 aliphatic carbocycles. The largest absolute Gasteiger partial charge is 0.507 e. The summed E-state index contributed by atoms with van der Waals surface area (Å²) in [5.41, 5.74) is 11.7. The molecule has 10 nitrogen and oxygen atoms in total. The predicted octanol–water partition coefficient (Wildman–Crippen LogP) is 18.0. The van der Waals surface area contributed by atoms with Crippen LogP contribution < -0.4 is 9.47 Å². The number of phenolic OH excluding ortho intramolecular Hbond substituents is 2. The van der Waals surface area contributed by atoms with Gasteiger partial charge in [-0.15, -0.1) is 0 Å². The Morgan fingerprint density at radius 1 is 0.308 bits per heavy atom. The Kier molecular flexibility index (Phi) is 22.3. The lowest BCUT2D eigenvalue weighted by Gasteiger charge is -2.13. The van der Waals surface area contributed by atoms with Gasteiger partial charge in [0.25, 0.3) is 0 Å². The second-order valence-electron chi connectivity index (χ2n) is 21.0. The van der Waals surface area contributed by atoms with Gasteiger partial charge < -0.3 is 19.7 Å². The third-order valence-corrected chi connectivity index (χ3v) is 14.1.